The van der Waals surface area contributed by atoms with Crippen molar-refractivity contribution in [3.8, 4) is 0 Å². The molecule has 0 aliphatic carbocycles. The molecule has 0 aliphatic heterocycles. The van der Waals surface area contributed by atoms with Gasteiger partial charge in [0.15, 0.2) is 0 Å². The van der Waals surface area contributed by atoms with Gasteiger partial charge in [0.05, 0.1) is 6.04 Å². The molecular formula is C16H17F2N. The summed E-state index contributed by atoms with van der Waals surface area (Å²) in [5, 5.41) is 3.08. The van der Waals surface area contributed by atoms with Gasteiger partial charge in [0.2, 0.25) is 0 Å². The number of hydrogen-bond donors (Lipinski definition) is 1. The average molecular weight is 261 g/mol. The van der Waals surface area contributed by atoms with E-state index in [4.69, 9.17) is 0 Å². The van der Waals surface area contributed by atoms with E-state index >= 15 is 0 Å². The fraction of sp³-hybridized carbons (Fsp3) is 0.250. The molecule has 0 aliphatic rings. The highest BCUT2D eigenvalue weighted by atomic mass is 19.1. The maximum Gasteiger partial charge on any atom is 0.131 e. The van der Waals surface area contributed by atoms with Crippen LogP contribution in [0.15, 0.2) is 36.4 Å². The first kappa shape index (κ1) is 13.7. The van der Waals surface area contributed by atoms with E-state index in [1.807, 2.05) is 32.0 Å². The lowest BCUT2D eigenvalue weighted by Gasteiger charge is -2.19. The van der Waals surface area contributed by atoms with Gasteiger partial charge >= 0.3 is 0 Å². The molecule has 0 saturated heterocycles. The molecule has 0 saturated carbocycles. The molecule has 2 rings (SSSR count). The molecule has 3 heteroatoms. The Morgan fingerprint density at radius 2 is 1.68 bits per heavy atom. The maximum absolute atomic E-state index is 13.9. The molecule has 1 N–H and O–H groups in total. The lowest BCUT2D eigenvalue weighted by Crippen LogP contribution is -2.19. The third-order valence-electron chi connectivity index (χ3n) is 3.43. The Balaban J connectivity index is 2.46. The van der Waals surface area contributed by atoms with Gasteiger partial charge in [-0.25, -0.2) is 8.78 Å². The molecule has 0 amide bonds. The van der Waals surface area contributed by atoms with E-state index in [0.717, 1.165) is 17.2 Å². The van der Waals surface area contributed by atoms with Crippen molar-refractivity contribution < 1.29 is 8.78 Å². The molecule has 0 spiro atoms. The van der Waals surface area contributed by atoms with Crippen LogP contribution >= 0.6 is 0 Å². The molecule has 2 aromatic rings. The second kappa shape index (κ2) is 5.49. The van der Waals surface area contributed by atoms with Crippen molar-refractivity contribution in [2.45, 2.75) is 19.9 Å². The van der Waals surface area contributed by atoms with Crippen LogP contribution in [-0.2, 0) is 0 Å². The van der Waals surface area contributed by atoms with Crippen molar-refractivity contribution in [2.75, 3.05) is 7.05 Å². The van der Waals surface area contributed by atoms with E-state index in [-0.39, 0.29) is 6.04 Å². The molecule has 100 valence electrons. The molecule has 1 unspecified atom stereocenters. The van der Waals surface area contributed by atoms with Gasteiger partial charge in [0.25, 0.3) is 0 Å². The van der Waals surface area contributed by atoms with Crippen molar-refractivity contribution in [1.29, 1.82) is 0 Å². The summed E-state index contributed by atoms with van der Waals surface area (Å²) < 4.78 is 26.8. The van der Waals surface area contributed by atoms with Gasteiger partial charge in [-0.05, 0) is 43.7 Å². The Hall–Kier alpha value is -1.74. The normalized spacial score (nSPS) is 12.5. The van der Waals surface area contributed by atoms with E-state index in [1.54, 1.807) is 7.05 Å². The van der Waals surface area contributed by atoms with Crippen molar-refractivity contribution in [1.82, 2.24) is 5.32 Å². The van der Waals surface area contributed by atoms with Gasteiger partial charge in [-0.15, -0.1) is 0 Å². The zero-order valence-corrected chi connectivity index (χ0v) is 11.3. The molecule has 19 heavy (non-hydrogen) atoms. The monoisotopic (exact) mass is 261 g/mol. The Kier molecular flexibility index (Phi) is 3.96. The quantitative estimate of drug-likeness (QED) is 0.883. The third-order valence-corrected chi connectivity index (χ3v) is 3.43. The summed E-state index contributed by atoms with van der Waals surface area (Å²) in [6, 6.07) is 9.41. The van der Waals surface area contributed by atoms with Crippen LogP contribution in [-0.4, -0.2) is 7.05 Å². The molecule has 1 atom stereocenters. The Bertz CT molecular complexity index is 593. The van der Waals surface area contributed by atoms with E-state index in [0.29, 0.717) is 5.56 Å². The summed E-state index contributed by atoms with van der Waals surface area (Å²) in [7, 11) is 1.77. The largest absolute Gasteiger partial charge is 0.309 e. The van der Waals surface area contributed by atoms with Crippen LogP contribution in [0.25, 0.3) is 0 Å². The van der Waals surface area contributed by atoms with E-state index in [2.05, 4.69) is 5.32 Å². The fourth-order valence-corrected chi connectivity index (χ4v) is 2.18. The van der Waals surface area contributed by atoms with Gasteiger partial charge in [-0.2, -0.15) is 0 Å². The summed E-state index contributed by atoms with van der Waals surface area (Å²) in [6.07, 6.45) is 0. The van der Waals surface area contributed by atoms with E-state index < -0.39 is 11.6 Å². The molecule has 0 heterocycles. The highest BCUT2D eigenvalue weighted by molar-refractivity contribution is 5.37. The van der Waals surface area contributed by atoms with Crippen LogP contribution in [0.1, 0.15) is 28.3 Å². The number of halogens is 2. The predicted octanol–water partition coefficient (Wildman–Crippen LogP) is 3.89. The van der Waals surface area contributed by atoms with Crippen LogP contribution in [0.5, 0.6) is 0 Å². The second-order valence-corrected chi connectivity index (χ2v) is 4.73. The number of benzene rings is 2. The average Bonchev–Trinajstić information content (AvgIpc) is 2.37. The van der Waals surface area contributed by atoms with Gasteiger partial charge in [0, 0.05) is 11.6 Å². The topological polar surface area (TPSA) is 12.0 Å². The molecular weight excluding hydrogens is 244 g/mol. The molecule has 2 aromatic carbocycles. The van der Waals surface area contributed by atoms with Crippen LogP contribution < -0.4 is 5.32 Å². The number of rotatable bonds is 3. The summed E-state index contributed by atoms with van der Waals surface area (Å²) in [5.74, 6) is -1.09. The molecule has 0 aromatic heterocycles. The minimum atomic E-state index is -0.559. The summed E-state index contributed by atoms with van der Waals surface area (Å²) in [5.41, 5.74) is 3.77. The predicted molar refractivity (Wildman–Crippen MR) is 73.2 cm³/mol. The van der Waals surface area contributed by atoms with Crippen LogP contribution in [0.3, 0.4) is 0 Å². The first-order chi connectivity index (χ1) is 9.02. The number of aryl methyl sites for hydroxylation is 2. The van der Waals surface area contributed by atoms with Gasteiger partial charge in [0.1, 0.15) is 11.6 Å². The first-order valence-electron chi connectivity index (χ1n) is 6.22. The van der Waals surface area contributed by atoms with Crippen molar-refractivity contribution in [3.63, 3.8) is 0 Å². The summed E-state index contributed by atoms with van der Waals surface area (Å²) in [6.45, 7) is 4.05. The van der Waals surface area contributed by atoms with Crippen LogP contribution in [0.2, 0.25) is 0 Å². The Morgan fingerprint density at radius 1 is 0.947 bits per heavy atom. The van der Waals surface area contributed by atoms with Gasteiger partial charge < -0.3 is 5.32 Å². The van der Waals surface area contributed by atoms with E-state index in [9.17, 15) is 8.78 Å². The zero-order valence-electron chi connectivity index (χ0n) is 11.3. The number of hydrogen-bond acceptors (Lipinski definition) is 1. The minimum Gasteiger partial charge on any atom is -0.309 e. The minimum absolute atomic E-state index is 0.278. The highest BCUT2D eigenvalue weighted by Gasteiger charge is 2.17. The SMILES string of the molecule is CNC(c1ccc(C)c(C)c1)c1ccc(F)cc1F. The lowest BCUT2D eigenvalue weighted by atomic mass is 9.95. The Morgan fingerprint density at radius 3 is 2.26 bits per heavy atom. The molecule has 1 nitrogen and oxygen atoms in total. The number of nitrogens with one attached hydrogen (secondary N) is 1. The fourth-order valence-electron chi connectivity index (χ4n) is 2.18. The zero-order chi connectivity index (χ0) is 14.0. The van der Waals surface area contributed by atoms with Gasteiger partial charge in [-0.1, -0.05) is 24.3 Å². The van der Waals surface area contributed by atoms with Crippen molar-refractivity contribution in [3.05, 3.63) is 70.3 Å². The first-order valence-corrected chi connectivity index (χ1v) is 6.22. The second-order valence-electron chi connectivity index (χ2n) is 4.73. The summed E-state index contributed by atoms with van der Waals surface area (Å²) in [4.78, 5) is 0. The highest BCUT2D eigenvalue weighted by Crippen LogP contribution is 2.26. The van der Waals surface area contributed by atoms with Crippen LogP contribution in [0.4, 0.5) is 8.78 Å². The maximum atomic E-state index is 13.9. The summed E-state index contributed by atoms with van der Waals surface area (Å²) >= 11 is 0. The van der Waals surface area contributed by atoms with Gasteiger partial charge in [-0.3, -0.25) is 0 Å². The smallest absolute Gasteiger partial charge is 0.131 e. The molecule has 0 radical (unpaired) electrons. The third kappa shape index (κ3) is 2.82. The lowest BCUT2D eigenvalue weighted by molar-refractivity contribution is 0.551. The van der Waals surface area contributed by atoms with Crippen LogP contribution in [0, 0.1) is 25.5 Å². The van der Waals surface area contributed by atoms with E-state index in [1.165, 1.54) is 17.7 Å². The standard InChI is InChI=1S/C16H17F2N/c1-10-4-5-12(8-11(10)2)16(19-3)14-7-6-13(17)9-15(14)18/h4-9,16,19H,1-3H3. The van der Waals surface area contributed by atoms with Crippen molar-refractivity contribution in [2.24, 2.45) is 0 Å². The Labute approximate surface area is 112 Å². The molecule has 0 bridgehead atoms. The molecule has 0 fully saturated rings. The van der Waals surface area contributed by atoms with Crippen molar-refractivity contribution >= 4 is 0 Å².